The smallest absolute Gasteiger partial charge is 0.193 e. The zero-order chi connectivity index (χ0) is 55.5. The molecule has 0 bridgehead atoms. The third-order valence-electron chi connectivity index (χ3n) is 14.2. The Labute approximate surface area is 479 Å². The fourth-order valence-electron chi connectivity index (χ4n) is 9.74. The molecule has 0 amide bonds. The van der Waals surface area contributed by atoms with E-state index in [1.165, 1.54) is 55.6 Å². The lowest BCUT2D eigenvalue weighted by Gasteiger charge is -2.22. The zero-order valence-corrected chi connectivity index (χ0v) is 47.6. The minimum atomic E-state index is -0.0334. The molecule has 7 aromatic rings. The summed E-state index contributed by atoms with van der Waals surface area (Å²) in [4.78, 5) is 40.7. The molecule has 0 radical (unpaired) electrons. The van der Waals surface area contributed by atoms with Gasteiger partial charge in [0, 0.05) is 152 Å². The maximum Gasteiger partial charge on any atom is 0.193 e. The second-order valence-corrected chi connectivity index (χ2v) is 20.6. The number of fused-ring (bicyclic) bond motifs is 1. The molecule has 16 nitrogen and oxygen atoms in total. The first-order valence-electron chi connectivity index (χ1n) is 28.7. The van der Waals surface area contributed by atoms with Crippen molar-refractivity contribution in [2.45, 2.75) is 51.2 Å². The Kier molecular flexibility index (Phi) is 28.6. The van der Waals surface area contributed by atoms with Crippen LogP contribution in [-0.2, 0) is 25.5 Å². The Hall–Kier alpha value is -6.02. The fourth-order valence-corrected chi connectivity index (χ4v) is 9.92. The zero-order valence-electron chi connectivity index (χ0n) is 46.8. The molecule has 0 atom stereocenters. The molecular weight excluding hydrogens is 1020 g/mol. The van der Waals surface area contributed by atoms with Gasteiger partial charge < -0.3 is 30.2 Å². The van der Waals surface area contributed by atoms with E-state index in [0.717, 1.165) is 141 Å². The van der Waals surface area contributed by atoms with E-state index in [9.17, 15) is 4.79 Å². The van der Waals surface area contributed by atoms with Crippen molar-refractivity contribution in [3.05, 3.63) is 185 Å². The fraction of sp³-hybridized carbons (Fsp3) is 0.444. The van der Waals surface area contributed by atoms with Crippen molar-refractivity contribution in [3.63, 3.8) is 0 Å². The number of hydrogen-bond donors (Lipinski definition) is 4. The molecule has 4 fully saturated rings. The summed E-state index contributed by atoms with van der Waals surface area (Å²) < 4.78 is 11.9. The van der Waals surface area contributed by atoms with Gasteiger partial charge in [-0.1, -0.05) is 12.1 Å². The summed E-state index contributed by atoms with van der Waals surface area (Å²) in [5.41, 5.74) is 6.55. The molecule has 428 valence electrons. The van der Waals surface area contributed by atoms with E-state index in [1.54, 1.807) is 24.5 Å². The van der Waals surface area contributed by atoms with Crippen LogP contribution in [0.15, 0.2) is 162 Å². The van der Waals surface area contributed by atoms with Crippen LogP contribution in [0.3, 0.4) is 0 Å². The first-order chi connectivity index (χ1) is 39.5. The van der Waals surface area contributed by atoms with Crippen molar-refractivity contribution in [2.75, 3.05) is 131 Å². The number of para-hydroxylation sites is 1. The van der Waals surface area contributed by atoms with E-state index < -0.39 is 0 Å². The van der Waals surface area contributed by atoms with Crippen LogP contribution in [0.25, 0.3) is 22.3 Å². The number of aromatic nitrogens is 4. The SMILES string of the molecule is C1CNCCNC1.ClCc1ccncc1.O=c1cc(-c2ccc(OCCN3CCCN(Cc4ccncc4)CC3)cc2)oc2ccccc12.OCCN1CCCN(Cc2ccncc2)CC1.c1cc(CN2CCCNCC2)ccn1. The number of rotatable bonds is 14. The summed E-state index contributed by atoms with van der Waals surface area (Å²) in [6, 6.07) is 32.9. The molecule has 4 aliphatic heterocycles. The van der Waals surface area contributed by atoms with Gasteiger partial charge in [0.15, 0.2) is 5.43 Å². The lowest BCUT2D eigenvalue weighted by Crippen LogP contribution is -2.33. The topological polar surface area (TPSA) is 164 Å². The van der Waals surface area contributed by atoms with E-state index in [-0.39, 0.29) is 12.0 Å². The predicted octanol–water partition coefficient (Wildman–Crippen LogP) is 7.29. The third-order valence-corrected chi connectivity index (χ3v) is 14.5. The van der Waals surface area contributed by atoms with Crippen LogP contribution in [0.2, 0.25) is 0 Å². The molecule has 2 aromatic carbocycles. The standard InChI is InChI=1S/C28H29N3O3.C13H21N3O.C11H17N3.C6H6ClN.C5H12N2/c32-26-20-28(34-27-5-2-1-4-25(26)27)23-6-8-24(9-7-23)33-19-18-30-14-3-15-31(17-16-30)21-22-10-12-29-13-11-22;17-11-10-15-6-1-7-16(9-8-15)12-13-2-4-14-5-3-13;1-4-12-7-9-14(8-1)10-11-2-5-13-6-3-11;7-5-6-1-3-8-4-2-6;1-2-6-4-5-7-3-1/h1-2,4-13,20H,3,14-19,21H2;2-5,17H,1,6-12H2;2-3,5-6,12H,1,4,7-10H2;1-4H,5H2;6-7H,1-5H2. The summed E-state index contributed by atoms with van der Waals surface area (Å²) in [5.74, 6) is 1.96. The van der Waals surface area contributed by atoms with Gasteiger partial charge in [-0.2, -0.15) is 0 Å². The van der Waals surface area contributed by atoms with E-state index in [4.69, 9.17) is 25.9 Å². The highest BCUT2D eigenvalue weighted by Crippen LogP contribution is 2.24. The van der Waals surface area contributed by atoms with Gasteiger partial charge in [0.1, 0.15) is 23.7 Å². The summed E-state index contributed by atoms with van der Waals surface area (Å²) >= 11 is 5.50. The van der Waals surface area contributed by atoms with Crippen LogP contribution < -0.4 is 26.1 Å². The van der Waals surface area contributed by atoms with Crippen LogP contribution in [0, 0.1) is 0 Å². The second kappa shape index (κ2) is 37.1. The van der Waals surface area contributed by atoms with Crippen molar-refractivity contribution in [3.8, 4) is 17.1 Å². The van der Waals surface area contributed by atoms with Crippen molar-refractivity contribution in [1.82, 2.24) is 60.4 Å². The number of halogens is 1. The number of ether oxygens (including phenoxy) is 1. The first-order valence-corrected chi connectivity index (χ1v) is 29.3. The minimum absolute atomic E-state index is 0.0334. The predicted molar refractivity (Wildman–Crippen MR) is 323 cm³/mol. The van der Waals surface area contributed by atoms with Gasteiger partial charge in [-0.05, 0) is 185 Å². The molecule has 0 unspecified atom stereocenters. The highest BCUT2D eigenvalue weighted by molar-refractivity contribution is 6.17. The molecule has 0 spiro atoms. The first kappa shape index (κ1) is 61.6. The van der Waals surface area contributed by atoms with Crippen molar-refractivity contribution in [2.24, 2.45) is 0 Å². The molecule has 17 heteroatoms. The Morgan fingerprint density at radius 1 is 0.487 bits per heavy atom. The average molecular weight is 1110 g/mol. The van der Waals surface area contributed by atoms with Crippen LogP contribution in [0.4, 0.5) is 0 Å². The number of pyridine rings is 4. The maximum absolute atomic E-state index is 12.4. The third kappa shape index (κ3) is 23.6. The molecule has 5 aromatic heterocycles. The molecule has 4 N–H and O–H groups in total. The van der Waals surface area contributed by atoms with E-state index in [2.05, 4.69) is 96.8 Å². The number of benzene rings is 2. The highest BCUT2D eigenvalue weighted by atomic mass is 35.5. The number of β-amino-alcohol motifs (C(OH)–C–C–N with tert-alkyl or cyclic N) is 1. The van der Waals surface area contributed by atoms with Gasteiger partial charge in [-0.15, -0.1) is 11.6 Å². The van der Waals surface area contributed by atoms with Gasteiger partial charge in [0.2, 0.25) is 0 Å². The van der Waals surface area contributed by atoms with Crippen LogP contribution in [0.1, 0.15) is 47.9 Å². The molecule has 0 aliphatic carbocycles. The number of hydrogen-bond acceptors (Lipinski definition) is 16. The minimum Gasteiger partial charge on any atom is -0.492 e. The van der Waals surface area contributed by atoms with Crippen LogP contribution >= 0.6 is 11.6 Å². The van der Waals surface area contributed by atoms with Crippen molar-refractivity contribution >= 4 is 22.6 Å². The van der Waals surface area contributed by atoms with Crippen molar-refractivity contribution < 1.29 is 14.3 Å². The van der Waals surface area contributed by atoms with Gasteiger partial charge in [-0.3, -0.25) is 49.2 Å². The molecule has 9 heterocycles. The Morgan fingerprint density at radius 2 is 0.950 bits per heavy atom. The number of nitrogens with one attached hydrogen (secondary N) is 3. The molecule has 0 saturated carbocycles. The van der Waals surface area contributed by atoms with E-state index >= 15 is 0 Å². The normalized spacial score (nSPS) is 16.9. The van der Waals surface area contributed by atoms with Gasteiger partial charge in [0.05, 0.1) is 12.0 Å². The quantitative estimate of drug-likeness (QED) is 0.0803. The number of aliphatic hydroxyl groups is 1. The molecule has 4 saturated heterocycles. The largest absolute Gasteiger partial charge is 0.492 e. The van der Waals surface area contributed by atoms with Gasteiger partial charge >= 0.3 is 0 Å². The molecule has 4 aliphatic rings. The van der Waals surface area contributed by atoms with Gasteiger partial charge in [0.25, 0.3) is 0 Å². The number of alkyl halides is 1. The molecular formula is C63H85ClN12O4. The average Bonchev–Trinajstić information content (AvgIpc) is 4.13. The lowest BCUT2D eigenvalue weighted by molar-refractivity contribution is 0.196. The second-order valence-electron chi connectivity index (χ2n) is 20.3. The number of aliphatic hydroxyl groups excluding tert-OH is 1. The lowest BCUT2D eigenvalue weighted by atomic mass is 10.1. The Bertz CT molecular complexity index is 2730. The van der Waals surface area contributed by atoms with Crippen molar-refractivity contribution in [1.29, 1.82) is 0 Å². The van der Waals surface area contributed by atoms with E-state index in [1.807, 2.05) is 91.8 Å². The number of nitrogens with zero attached hydrogens (tertiary/aromatic N) is 9. The Balaban J connectivity index is 0.000000166. The highest BCUT2D eigenvalue weighted by Gasteiger charge is 2.17. The van der Waals surface area contributed by atoms with Crippen LogP contribution in [-0.4, -0.2) is 181 Å². The summed E-state index contributed by atoms with van der Waals surface area (Å²) in [6.07, 6.45) is 19.5. The maximum atomic E-state index is 12.4. The van der Waals surface area contributed by atoms with E-state index in [0.29, 0.717) is 29.2 Å². The molecule has 11 rings (SSSR count). The Morgan fingerprint density at radius 3 is 1.49 bits per heavy atom. The van der Waals surface area contributed by atoms with Gasteiger partial charge in [-0.25, -0.2) is 0 Å². The summed E-state index contributed by atoms with van der Waals surface area (Å²) in [7, 11) is 0. The summed E-state index contributed by atoms with van der Waals surface area (Å²) in [5, 5.41) is 19.5. The molecule has 80 heavy (non-hydrogen) atoms. The summed E-state index contributed by atoms with van der Waals surface area (Å²) in [6.45, 7) is 23.7. The monoisotopic (exact) mass is 1110 g/mol. The van der Waals surface area contributed by atoms with Crippen LogP contribution in [0.5, 0.6) is 5.75 Å².